The van der Waals surface area contributed by atoms with E-state index in [2.05, 4.69) is 5.32 Å². The van der Waals surface area contributed by atoms with Crippen LogP contribution in [-0.2, 0) is 11.0 Å². The van der Waals surface area contributed by atoms with E-state index >= 15 is 0 Å². The van der Waals surface area contributed by atoms with Crippen molar-refractivity contribution in [1.82, 2.24) is 10.2 Å². The first-order chi connectivity index (χ1) is 10.7. The lowest BCUT2D eigenvalue weighted by Gasteiger charge is -2.21. The molecule has 3 N–H and O–H groups in total. The molecule has 2 rings (SSSR count). The van der Waals surface area contributed by atoms with E-state index in [4.69, 9.17) is 5.73 Å². The van der Waals surface area contributed by atoms with Crippen molar-refractivity contribution in [3.63, 3.8) is 0 Å². The zero-order valence-corrected chi connectivity index (χ0v) is 12.6. The number of rotatable bonds is 3. The van der Waals surface area contributed by atoms with Gasteiger partial charge in [0.1, 0.15) is 0 Å². The first-order valence-corrected chi connectivity index (χ1v) is 7.19. The number of amides is 2. The first-order valence-electron chi connectivity index (χ1n) is 7.19. The van der Waals surface area contributed by atoms with Crippen molar-refractivity contribution >= 4 is 11.8 Å². The van der Waals surface area contributed by atoms with Gasteiger partial charge in [0.2, 0.25) is 5.91 Å². The zero-order chi connectivity index (χ0) is 17.2. The maximum Gasteiger partial charge on any atom is 0.416 e. The van der Waals surface area contributed by atoms with E-state index in [1.807, 2.05) is 6.92 Å². The lowest BCUT2D eigenvalue weighted by Crippen LogP contribution is -2.42. The summed E-state index contributed by atoms with van der Waals surface area (Å²) in [6.45, 7) is 2.00. The summed E-state index contributed by atoms with van der Waals surface area (Å²) in [5.41, 5.74) is 4.72. The maximum atomic E-state index is 12.6. The van der Waals surface area contributed by atoms with E-state index in [0.717, 1.165) is 18.2 Å². The Morgan fingerprint density at radius 1 is 1.39 bits per heavy atom. The topological polar surface area (TPSA) is 75.4 Å². The van der Waals surface area contributed by atoms with Crippen LogP contribution in [0.2, 0.25) is 0 Å². The van der Waals surface area contributed by atoms with Crippen LogP contribution in [0.3, 0.4) is 0 Å². The Morgan fingerprint density at radius 2 is 2.09 bits per heavy atom. The highest BCUT2D eigenvalue weighted by molar-refractivity contribution is 5.96. The molecule has 0 spiro atoms. The largest absolute Gasteiger partial charge is 0.416 e. The summed E-state index contributed by atoms with van der Waals surface area (Å²) in [7, 11) is 0. The molecule has 2 amide bonds. The van der Waals surface area contributed by atoms with Gasteiger partial charge in [0.05, 0.1) is 12.1 Å². The minimum Gasteiger partial charge on any atom is -0.343 e. The quantitative estimate of drug-likeness (QED) is 0.880. The van der Waals surface area contributed by atoms with Gasteiger partial charge in [-0.05, 0) is 31.5 Å². The molecule has 0 aromatic heterocycles. The van der Waals surface area contributed by atoms with E-state index in [0.29, 0.717) is 13.0 Å². The predicted molar refractivity (Wildman–Crippen MR) is 77.5 cm³/mol. The second kappa shape index (κ2) is 6.57. The van der Waals surface area contributed by atoms with Gasteiger partial charge in [-0.1, -0.05) is 6.07 Å². The van der Waals surface area contributed by atoms with E-state index < -0.39 is 17.6 Å². The molecule has 2 atom stereocenters. The van der Waals surface area contributed by atoms with Crippen LogP contribution in [0.4, 0.5) is 13.2 Å². The molecule has 126 valence electrons. The Hall–Kier alpha value is -2.09. The van der Waals surface area contributed by atoms with Crippen LogP contribution in [-0.4, -0.2) is 41.9 Å². The number of carbonyl (C=O) groups excluding carboxylic acids is 2. The number of hydrogen-bond acceptors (Lipinski definition) is 3. The summed E-state index contributed by atoms with van der Waals surface area (Å²) >= 11 is 0. The van der Waals surface area contributed by atoms with E-state index in [1.54, 1.807) is 4.90 Å². The molecule has 0 saturated carbocycles. The SMILES string of the molecule is CC1CC(N)CN1C(=O)CNC(=O)c1cccc(C(F)(F)F)c1. The van der Waals surface area contributed by atoms with Crippen LogP contribution >= 0.6 is 0 Å². The van der Waals surface area contributed by atoms with Gasteiger partial charge < -0.3 is 16.0 Å². The second-order valence-corrected chi connectivity index (χ2v) is 5.65. The van der Waals surface area contributed by atoms with Crippen molar-refractivity contribution in [2.45, 2.75) is 31.6 Å². The fourth-order valence-electron chi connectivity index (χ4n) is 2.62. The standard InChI is InChI=1S/C15H18F3N3O2/c1-9-5-12(19)8-21(9)13(22)7-20-14(23)10-3-2-4-11(6-10)15(16,17)18/h2-4,6,9,12H,5,7-8,19H2,1H3,(H,20,23). The molecule has 1 fully saturated rings. The lowest BCUT2D eigenvalue weighted by molar-refractivity contribution is -0.137. The predicted octanol–water partition coefficient (Wildman–Crippen LogP) is 1.38. The number of nitrogens with zero attached hydrogens (tertiary/aromatic N) is 1. The highest BCUT2D eigenvalue weighted by Crippen LogP contribution is 2.29. The molecule has 1 heterocycles. The molecule has 1 aromatic rings. The fraction of sp³-hybridized carbons (Fsp3) is 0.467. The van der Waals surface area contributed by atoms with E-state index in [-0.39, 0.29) is 30.1 Å². The van der Waals surface area contributed by atoms with Gasteiger partial charge in [-0.15, -0.1) is 0 Å². The Kier molecular flexibility index (Phi) is 4.93. The molecule has 1 aliphatic rings. The third-order valence-electron chi connectivity index (χ3n) is 3.78. The van der Waals surface area contributed by atoms with Crippen LogP contribution in [0.1, 0.15) is 29.3 Å². The van der Waals surface area contributed by atoms with Crippen molar-refractivity contribution in [3.05, 3.63) is 35.4 Å². The minimum absolute atomic E-state index is 0.0111. The number of likely N-dealkylation sites (tertiary alicyclic amines) is 1. The van der Waals surface area contributed by atoms with E-state index in [9.17, 15) is 22.8 Å². The second-order valence-electron chi connectivity index (χ2n) is 5.65. The average Bonchev–Trinajstić information content (AvgIpc) is 2.82. The Labute approximate surface area is 131 Å². The highest BCUT2D eigenvalue weighted by atomic mass is 19.4. The number of hydrogen-bond donors (Lipinski definition) is 2. The number of carbonyl (C=O) groups is 2. The number of alkyl halides is 3. The minimum atomic E-state index is -4.52. The molecule has 2 unspecified atom stereocenters. The molecular formula is C15H18F3N3O2. The zero-order valence-electron chi connectivity index (χ0n) is 12.6. The van der Waals surface area contributed by atoms with Crippen LogP contribution < -0.4 is 11.1 Å². The summed E-state index contributed by atoms with van der Waals surface area (Å²) in [6, 6.07) is 3.96. The van der Waals surface area contributed by atoms with Crippen molar-refractivity contribution in [2.24, 2.45) is 5.73 Å². The lowest BCUT2D eigenvalue weighted by atomic mass is 10.1. The molecule has 1 aromatic carbocycles. The molecule has 1 aliphatic heterocycles. The molecule has 0 bridgehead atoms. The summed E-state index contributed by atoms with van der Waals surface area (Å²) < 4.78 is 37.9. The molecule has 0 radical (unpaired) electrons. The average molecular weight is 329 g/mol. The number of nitrogens with two attached hydrogens (primary N) is 1. The van der Waals surface area contributed by atoms with Gasteiger partial charge in [0.25, 0.3) is 5.91 Å². The molecule has 0 aliphatic carbocycles. The highest BCUT2D eigenvalue weighted by Gasteiger charge is 2.32. The summed E-state index contributed by atoms with van der Waals surface area (Å²) in [6.07, 6.45) is -3.83. The van der Waals surface area contributed by atoms with Crippen molar-refractivity contribution in [3.8, 4) is 0 Å². The van der Waals surface area contributed by atoms with Gasteiger partial charge >= 0.3 is 6.18 Å². The van der Waals surface area contributed by atoms with Crippen LogP contribution in [0.25, 0.3) is 0 Å². The molecule has 23 heavy (non-hydrogen) atoms. The summed E-state index contributed by atoms with van der Waals surface area (Å²) in [5.74, 6) is -1.02. The van der Waals surface area contributed by atoms with Gasteiger partial charge in [0.15, 0.2) is 0 Å². The molecule has 5 nitrogen and oxygen atoms in total. The summed E-state index contributed by atoms with van der Waals surface area (Å²) in [5, 5.41) is 2.35. The third-order valence-corrected chi connectivity index (χ3v) is 3.78. The molecule has 1 saturated heterocycles. The Bertz CT molecular complexity index is 604. The van der Waals surface area contributed by atoms with Crippen molar-refractivity contribution < 1.29 is 22.8 Å². The van der Waals surface area contributed by atoms with Crippen molar-refractivity contribution in [1.29, 1.82) is 0 Å². The van der Waals surface area contributed by atoms with Gasteiger partial charge in [-0.3, -0.25) is 9.59 Å². The van der Waals surface area contributed by atoms with Gasteiger partial charge in [-0.25, -0.2) is 0 Å². The monoisotopic (exact) mass is 329 g/mol. The number of benzene rings is 1. The van der Waals surface area contributed by atoms with Gasteiger partial charge in [0, 0.05) is 24.2 Å². The normalized spacial score (nSPS) is 21.3. The van der Waals surface area contributed by atoms with Crippen LogP contribution in [0.15, 0.2) is 24.3 Å². The Balaban J connectivity index is 1.96. The maximum absolute atomic E-state index is 12.6. The van der Waals surface area contributed by atoms with E-state index in [1.165, 1.54) is 6.07 Å². The van der Waals surface area contributed by atoms with Gasteiger partial charge in [-0.2, -0.15) is 13.2 Å². The fourth-order valence-corrected chi connectivity index (χ4v) is 2.62. The number of nitrogens with one attached hydrogen (secondary N) is 1. The smallest absolute Gasteiger partial charge is 0.343 e. The molecule has 8 heteroatoms. The van der Waals surface area contributed by atoms with Crippen LogP contribution in [0, 0.1) is 0 Å². The van der Waals surface area contributed by atoms with Crippen LogP contribution in [0.5, 0.6) is 0 Å². The third kappa shape index (κ3) is 4.22. The Morgan fingerprint density at radius 3 is 2.65 bits per heavy atom. The first kappa shape index (κ1) is 17.3. The molecular weight excluding hydrogens is 311 g/mol. The summed E-state index contributed by atoms with van der Waals surface area (Å²) in [4.78, 5) is 25.5. The van der Waals surface area contributed by atoms with Crippen molar-refractivity contribution in [2.75, 3.05) is 13.1 Å². The number of halogens is 3.